The Hall–Kier alpha value is -0.910. The zero-order valence-electron chi connectivity index (χ0n) is 8.56. The monoisotopic (exact) mass is 258 g/mol. The van der Waals surface area contributed by atoms with Crippen LogP contribution in [0.5, 0.6) is 0 Å². The molecule has 1 aromatic heterocycles. The first kappa shape index (κ1) is 11.6. The Morgan fingerprint density at radius 3 is 2.69 bits per heavy atom. The van der Waals surface area contributed by atoms with Crippen molar-refractivity contribution >= 4 is 21.6 Å². The molecular formula is C10H11ClN2O2S. The van der Waals surface area contributed by atoms with Gasteiger partial charge in [0.05, 0.1) is 5.02 Å². The first-order valence-electron chi connectivity index (χ1n) is 4.78. The second kappa shape index (κ2) is 4.16. The van der Waals surface area contributed by atoms with Crippen molar-refractivity contribution in [2.45, 2.75) is 11.4 Å². The van der Waals surface area contributed by atoms with Gasteiger partial charge in [-0.15, -0.1) is 0 Å². The van der Waals surface area contributed by atoms with Crippen LogP contribution in [-0.4, -0.2) is 30.8 Å². The molecule has 1 aliphatic heterocycles. The van der Waals surface area contributed by atoms with Gasteiger partial charge in [0.1, 0.15) is 0 Å². The highest BCUT2D eigenvalue weighted by Gasteiger charge is 2.29. The summed E-state index contributed by atoms with van der Waals surface area (Å²) in [5.41, 5.74) is 0.928. The molecule has 0 spiro atoms. The summed E-state index contributed by atoms with van der Waals surface area (Å²) < 4.78 is 25.5. The van der Waals surface area contributed by atoms with Gasteiger partial charge in [-0.3, -0.25) is 0 Å². The van der Waals surface area contributed by atoms with E-state index in [0.29, 0.717) is 24.5 Å². The summed E-state index contributed by atoms with van der Waals surface area (Å²) in [6, 6.07) is 2.94. The van der Waals surface area contributed by atoms with Crippen LogP contribution in [0.1, 0.15) is 6.42 Å². The topological polar surface area (TPSA) is 50.3 Å². The van der Waals surface area contributed by atoms with E-state index in [9.17, 15) is 8.42 Å². The zero-order valence-corrected chi connectivity index (χ0v) is 10.1. The smallest absolute Gasteiger partial charge is 0.242 e. The number of hydrogen-bond acceptors (Lipinski definition) is 3. The van der Waals surface area contributed by atoms with Gasteiger partial charge in [-0.25, -0.2) is 13.4 Å². The van der Waals surface area contributed by atoms with Crippen molar-refractivity contribution in [1.82, 2.24) is 9.29 Å². The van der Waals surface area contributed by atoms with Gasteiger partial charge >= 0.3 is 0 Å². The van der Waals surface area contributed by atoms with Gasteiger partial charge in [-0.2, -0.15) is 4.31 Å². The Morgan fingerprint density at radius 2 is 2.19 bits per heavy atom. The summed E-state index contributed by atoms with van der Waals surface area (Å²) >= 11 is 5.66. The molecule has 0 N–H and O–H groups in total. The van der Waals surface area contributed by atoms with Crippen LogP contribution in [0.25, 0.3) is 0 Å². The number of aromatic nitrogens is 1. The first-order valence-corrected chi connectivity index (χ1v) is 6.60. The number of sulfonamides is 1. The number of hydrogen-bond donors (Lipinski definition) is 0. The molecule has 2 heterocycles. The van der Waals surface area contributed by atoms with Gasteiger partial charge in [0.25, 0.3) is 10.0 Å². The van der Waals surface area contributed by atoms with Crippen LogP contribution < -0.4 is 0 Å². The van der Waals surface area contributed by atoms with Crippen LogP contribution >= 0.6 is 11.6 Å². The van der Waals surface area contributed by atoms with E-state index in [1.807, 2.05) is 0 Å². The van der Waals surface area contributed by atoms with Crippen LogP contribution in [0, 0.1) is 0 Å². The molecule has 0 aliphatic carbocycles. The zero-order chi connectivity index (χ0) is 11.8. The van der Waals surface area contributed by atoms with Crippen molar-refractivity contribution in [1.29, 1.82) is 0 Å². The van der Waals surface area contributed by atoms with Crippen molar-refractivity contribution in [3.63, 3.8) is 0 Å². The number of pyridine rings is 1. The molecule has 0 saturated carbocycles. The van der Waals surface area contributed by atoms with Gasteiger partial charge in [0.15, 0.2) is 5.03 Å². The molecule has 1 fully saturated rings. The largest absolute Gasteiger partial charge is 0.260 e. The van der Waals surface area contributed by atoms with Gasteiger partial charge in [0.2, 0.25) is 0 Å². The molecule has 1 saturated heterocycles. The van der Waals surface area contributed by atoms with E-state index in [4.69, 9.17) is 11.6 Å². The molecule has 1 aliphatic rings. The van der Waals surface area contributed by atoms with Crippen molar-refractivity contribution < 1.29 is 8.42 Å². The van der Waals surface area contributed by atoms with Crippen LogP contribution in [0.2, 0.25) is 5.02 Å². The lowest BCUT2D eigenvalue weighted by Gasteiger charge is -2.14. The maximum Gasteiger partial charge on any atom is 0.260 e. The third-order valence-corrected chi connectivity index (χ3v) is 4.40. The van der Waals surface area contributed by atoms with Gasteiger partial charge in [-0.05, 0) is 18.6 Å². The molecule has 0 atom stereocenters. The van der Waals surface area contributed by atoms with Crippen molar-refractivity contribution in [2.24, 2.45) is 0 Å². The van der Waals surface area contributed by atoms with Crippen LogP contribution in [0.4, 0.5) is 0 Å². The Kier molecular flexibility index (Phi) is 3.01. The first-order chi connectivity index (χ1) is 7.50. The standard InChI is InChI=1S/C10H11ClN2O2S/c1-8-4-5-13(7-8)16(14,15)10-3-2-9(11)6-12-10/h2-3,6H,1,4-5,7H2. The van der Waals surface area contributed by atoms with E-state index in [1.165, 1.54) is 22.6 Å². The van der Waals surface area contributed by atoms with Crippen molar-refractivity contribution in [3.05, 3.63) is 35.5 Å². The minimum Gasteiger partial charge on any atom is -0.242 e. The lowest BCUT2D eigenvalue weighted by Crippen LogP contribution is -2.28. The third-order valence-electron chi connectivity index (χ3n) is 2.42. The van der Waals surface area contributed by atoms with E-state index < -0.39 is 10.0 Å². The minimum atomic E-state index is -3.49. The normalized spacial score (nSPS) is 17.9. The predicted molar refractivity (Wildman–Crippen MR) is 61.8 cm³/mol. The average Bonchev–Trinajstić information content (AvgIpc) is 2.66. The molecule has 0 aromatic carbocycles. The van der Waals surface area contributed by atoms with Crippen LogP contribution in [0.15, 0.2) is 35.5 Å². The van der Waals surface area contributed by atoms with Crippen molar-refractivity contribution in [2.75, 3.05) is 13.1 Å². The van der Waals surface area contributed by atoms with Gasteiger partial charge in [0, 0.05) is 19.3 Å². The quantitative estimate of drug-likeness (QED) is 0.759. The Morgan fingerprint density at radius 1 is 1.44 bits per heavy atom. The molecule has 0 radical (unpaired) electrons. The van der Waals surface area contributed by atoms with E-state index in [2.05, 4.69) is 11.6 Å². The summed E-state index contributed by atoms with van der Waals surface area (Å²) in [7, 11) is -3.49. The molecule has 0 amide bonds. The third kappa shape index (κ3) is 2.11. The molecule has 6 heteroatoms. The van der Waals surface area contributed by atoms with Crippen LogP contribution in [-0.2, 0) is 10.0 Å². The Balaban J connectivity index is 2.32. The summed E-state index contributed by atoms with van der Waals surface area (Å²) in [5.74, 6) is 0. The fourth-order valence-electron chi connectivity index (χ4n) is 1.54. The molecule has 4 nitrogen and oxygen atoms in total. The second-order valence-electron chi connectivity index (χ2n) is 3.65. The highest BCUT2D eigenvalue weighted by atomic mass is 35.5. The lowest BCUT2D eigenvalue weighted by atomic mass is 10.3. The molecular weight excluding hydrogens is 248 g/mol. The second-order valence-corrected chi connectivity index (χ2v) is 5.97. The highest BCUT2D eigenvalue weighted by Crippen LogP contribution is 2.22. The number of rotatable bonds is 2. The van der Waals surface area contributed by atoms with Gasteiger partial charge < -0.3 is 0 Å². The van der Waals surface area contributed by atoms with Crippen LogP contribution in [0.3, 0.4) is 0 Å². The summed E-state index contributed by atoms with van der Waals surface area (Å²) in [5, 5.41) is 0.455. The predicted octanol–water partition coefficient (Wildman–Crippen LogP) is 1.69. The molecule has 86 valence electrons. The van der Waals surface area contributed by atoms with Crippen molar-refractivity contribution in [3.8, 4) is 0 Å². The summed E-state index contributed by atoms with van der Waals surface area (Å²) in [4.78, 5) is 3.83. The fraction of sp³-hybridized carbons (Fsp3) is 0.300. The molecule has 16 heavy (non-hydrogen) atoms. The summed E-state index contributed by atoms with van der Waals surface area (Å²) in [6.45, 7) is 4.64. The van der Waals surface area contributed by atoms with E-state index >= 15 is 0 Å². The molecule has 0 bridgehead atoms. The lowest BCUT2D eigenvalue weighted by molar-refractivity contribution is 0.478. The maximum atomic E-state index is 12.1. The average molecular weight is 259 g/mol. The molecule has 2 rings (SSSR count). The van der Waals surface area contributed by atoms with Gasteiger partial charge in [-0.1, -0.05) is 23.8 Å². The number of nitrogens with zero attached hydrogens (tertiary/aromatic N) is 2. The molecule has 1 aromatic rings. The summed E-state index contributed by atoms with van der Waals surface area (Å²) in [6.07, 6.45) is 2.05. The SMILES string of the molecule is C=C1CCN(S(=O)(=O)c2ccc(Cl)cn2)C1. The maximum absolute atomic E-state index is 12.1. The number of halogens is 1. The molecule has 0 unspecified atom stereocenters. The Labute approximate surface area is 99.6 Å². The minimum absolute atomic E-state index is 0.0339. The fourth-order valence-corrected chi connectivity index (χ4v) is 3.03. The Bertz CT molecular complexity index is 510. The van der Waals surface area contributed by atoms with E-state index in [-0.39, 0.29) is 5.03 Å². The van der Waals surface area contributed by atoms with E-state index in [1.54, 1.807) is 0 Å². The highest BCUT2D eigenvalue weighted by molar-refractivity contribution is 7.89. The van der Waals surface area contributed by atoms with E-state index in [0.717, 1.165) is 5.57 Å².